The fraction of sp³-hybridized carbons (Fsp3) is 0.333. The van der Waals surface area contributed by atoms with E-state index in [1.165, 1.54) is 0 Å². The molecule has 0 fully saturated rings. The Bertz CT molecular complexity index is 349. The first-order valence-corrected chi connectivity index (χ1v) is 6.17. The molecule has 0 saturated carbocycles. The zero-order chi connectivity index (χ0) is 11.3. The molecule has 0 amide bonds. The van der Waals surface area contributed by atoms with E-state index in [0.717, 1.165) is 21.6 Å². The Morgan fingerprint density at radius 3 is 2.87 bits per heavy atom. The molecule has 1 atom stereocenters. The fourth-order valence-corrected chi connectivity index (χ4v) is 2.09. The van der Waals surface area contributed by atoms with Crippen LogP contribution in [0.15, 0.2) is 28.7 Å². The van der Waals surface area contributed by atoms with Crippen LogP contribution in [0.1, 0.15) is 19.4 Å². The van der Waals surface area contributed by atoms with Gasteiger partial charge in [-0.15, -0.1) is 0 Å². The van der Waals surface area contributed by atoms with E-state index < -0.39 is 0 Å². The minimum Gasteiger partial charge on any atom is -0.311 e. The van der Waals surface area contributed by atoms with E-state index >= 15 is 0 Å². The normalized spacial score (nSPS) is 13.3. The summed E-state index contributed by atoms with van der Waals surface area (Å²) >= 11 is 9.34. The first-order chi connectivity index (χ1) is 7.13. The highest BCUT2D eigenvalue weighted by Crippen LogP contribution is 2.22. The van der Waals surface area contributed by atoms with Crippen molar-refractivity contribution in [2.45, 2.75) is 19.9 Å². The number of halogens is 2. The van der Waals surface area contributed by atoms with Crippen LogP contribution >= 0.6 is 27.5 Å². The van der Waals surface area contributed by atoms with Gasteiger partial charge in [-0.1, -0.05) is 52.7 Å². The summed E-state index contributed by atoms with van der Waals surface area (Å²) in [6.07, 6.45) is 4.23. The summed E-state index contributed by atoms with van der Waals surface area (Å²) in [5.74, 6) is 0. The van der Waals surface area contributed by atoms with Crippen LogP contribution in [0.4, 0.5) is 0 Å². The summed E-state index contributed by atoms with van der Waals surface area (Å²) in [5.41, 5.74) is 1.14. The molecule has 0 aliphatic carbocycles. The predicted molar refractivity (Wildman–Crippen MR) is 71.3 cm³/mol. The molecule has 1 N–H and O–H groups in total. The molecular weight excluding hydrogens is 273 g/mol. The van der Waals surface area contributed by atoms with Gasteiger partial charge in [-0.05, 0) is 31.2 Å². The van der Waals surface area contributed by atoms with Gasteiger partial charge in [-0.25, -0.2) is 0 Å². The molecule has 0 aliphatic rings. The highest BCUT2D eigenvalue weighted by atomic mass is 79.9. The largest absolute Gasteiger partial charge is 0.311 e. The molecule has 0 bridgehead atoms. The van der Waals surface area contributed by atoms with Crippen molar-refractivity contribution in [1.29, 1.82) is 0 Å². The molecule has 0 spiro atoms. The first kappa shape index (κ1) is 12.8. The van der Waals surface area contributed by atoms with Gasteiger partial charge >= 0.3 is 0 Å². The number of benzene rings is 1. The Hall–Kier alpha value is -0.310. The summed E-state index contributed by atoms with van der Waals surface area (Å²) in [6, 6.07) is 6.18. The van der Waals surface area contributed by atoms with E-state index in [1.54, 1.807) is 0 Å². The van der Waals surface area contributed by atoms with Crippen molar-refractivity contribution in [2.24, 2.45) is 0 Å². The highest BCUT2D eigenvalue weighted by Gasteiger charge is 1.98. The summed E-state index contributed by atoms with van der Waals surface area (Å²) in [4.78, 5) is 0. The molecule has 1 rings (SSSR count). The second-order valence-corrected chi connectivity index (χ2v) is 4.66. The van der Waals surface area contributed by atoms with Crippen molar-refractivity contribution in [3.63, 3.8) is 0 Å². The van der Waals surface area contributed by atoms with Crippen LogP contribution in [0.3, 0.4) is 0 Å². The highest BCUT2D eigenvalue weighted by molar-refractivity contribution is 9.10. The zero-order valence-corrected chi connectivity index (χ0v) is 11.3. The molecule has 3 heteroatoms. The molecule has 0 saturated heterocycles. The fourth-order valence-electron chi connectivity index (χ4n) is 1.27. The molecule has 0 aliphatic heterocycles. The number of likely N-dealkylation sites (N-methyl/N-ethyl adjacent to an activating group) is 1. The maximum Gasteiger partial charge on any atom is 0.0417 e. The van der Waals surface area contributed by atoms with Gasteiger partial charge in [0.15, 0.2) is 0 Å². The van der Waals surface area contributed by atoms with Gasteiger partial charge in [-0.2, -0.15) is 0 Å². The number of rotatable bonds is 4. The topological polar surface area (TPSA) is 12.0 Å². The van der Waals surface area contributed by atoms with E-state index in [9.17, 15) is 0 Å². The Kier molecular flexibility index (Phi) is 5.37. The van der Waals surface area contributed by atoms with Gasteiger partial charge in [0.2, 0.25) is 0 Å². The third-order valence-electron chi connectivity index (χ3n) is 2.05. The Labute approximate surface area is 105 Å². The monoisotopic (exact) mass is 287 g/mol. The molecule has 0 heterocycles. The number of hydrogen-bond donors (Lipinski definition) is 1. The molecule has 1 aromatic carbocycles. The zero-order valence-electron chi connectivity index (χ0n) is 8.93. The molecule has 1 unspecified atom stereocenters. The van der Waals surface area contributed by atoms with Gasteiger partial charge in [0.25, 0.3) is 0 Å². The van der Waals surface area contributed by atoms with Crippen LogP contribution in [0.2, 0.25) is 5.02 Å². The maximum atomic E-state index is 5.86. The molecular formula is C12H15BrClN. The number of hydrogen-bond acceptors (Lipinski definition) is 1. The van der Waals surface area contributed by atoms with Crippen LogP contribution in [0.5, 0.6) is 0 Å². The van der Waals surface area contributed by atoms with Gasteiger partial charge in [0.05, 0.1) is 0 Å². The Balaban J connectivity index is 2.72. The summed E-state index contributed by atoms with van der Waals surface area (Å²) in [5, 5.41) is 4.07. The molecule has 1 nitrogen and oxygen atoms in total. The van der Waals surface area contributed by atoms with Gasteiger partial charge in [0, 0.05) is 15.5 Å². The third kappa shape index (κ3) is 4.37. The van der Waals surface area contributed by atoms with E-state index in [4.69, 9.17) is 11.6 Å². The van der Waals surface area contributed by atoms with E-state index in [1.807, 2.05) is 18.2 Å². The minimum atomic E-state index is 0.387. The van der Waals surface area contributed by atoms with Crippen molar-refractivity contribution >= 4 is 33.6 Å². The van der Waals surface area contributed by atoms with Crippen LogP contribution < -0.4 is 5.32 Å². The molecule has 82 valence electrons. The molecule has 0 radical (unpaired) electrons. The second-order valence-electron chi connectivity index (χ2n) is 3.37. The predicted octanol–water partition coefficient (Wildman–Crippen LogP) is 4.11. The maximum absolute atomic E-state index is 5.86. The quantitative estimate of drug-likeness (QED) is 0.879. The lowest BCUT2D eigenvalue weighted by molar-refractivity contribution is 0.663. The third-order valence-corrected chi connectivity index (χ3v) is 2.97. The first-order valence-electron chi connectivity index (χ1n) is 5.00. The van der Waals surface area contributed by atoms with Crippen LogP contribution in [-0.2, 0) is 0 Å². The standard InChI is InChI=1S/C12H15BrClN/c1-3-15-9(2)4-5-10-6-7-11(14)8-12(10)13/h4-9,15H,3H2,1-2H3/b5-4+. The van der Waals surface area contributed by atoms with Gasteiger partial charge in [-0.3, -0.25) is 0 Å². The Morgan fingerprint density at radius 2 is 2.27 bits per heavy atom. The second kappa shape index (κ2) is 6.31. The lowest BCUT2D eigenvalue weighted by atomic mass is 10.2. The van der Waals surface area contributed by atoms with Crippen molar-refractivity contribution < 1.29 is 0 Å². The molecule has 1 aromatic rings. The summed E-state index contributed by atoms with van der Waals surface area (Å²) < 4.78 is 1.02. The van der Waals surface area contributed by atoms with E-state index in [0.29, 0.717) is 6.04 Å². The van der Waals surface area contributed by atoms with Crippen LogP contribution in [0, 0.1) is 0 Å². The van der Waals surface area contributed by atoms with E-state index in [2.05, 4.69) is 47.2 Å². The SMILES string of the molecule is CCNC(C)/C=C/c1ccc(Cl)cc1Br. The van der Waals surface area contributed by atoms with Crippen molar-refractivity contribution in [2.75, 3.05) is 6.54 Å². The summed E-state index contributed by atoms with van der Waals surface area (Å²) in [7, 11) is 0. The van der Waals surface area contributed by atoms with Crippen molar-refractivity contribution in [1.82, 2.24) is 5.32 Å². The van der Waals surface area contributed by atoms with Crippen molar-refractivity contribution in [3.8, 4) is 0 Å². The lowest BCUT2D eigenvalue weighted by Gasteiger charge is -2.06. The van der Waals surface area contributed by atoms with Gasteiger partial charge < -0.3 is 5.32 Å². The summed E-state index contributed by atoms with van der Waals surface area (Å²) in [6.45, 7) is 5.21. The number of nitrogens with one attached hydrogen (secondary N) is 1. The van der Waals surface area contributed by atoms with Crippen LogP contribution in [-0.4, -0.2) is 12.6 Å². The minimum absolute atomic E-state index is 0.387. The average Bonchev–Trinajstić information content (AvgIpc) is 2.17. The molecule has 0 aromatic heterocycles. The molecule has 15 heavy (non-hydrogen) atoms. The Morgan fingerprint density at radius 1 is 1.53 bits per heavy atom. The van der Waals surface area contributed by atoms with Crippen molar-refractivity contribution in [3.05, 3.63) is 39.3 Å². The smallest absolute Gasteiger partial charge is 0.0417 e. The van der Waals surface area contributed by atoms with Crippen LogP contribution in [0.25, 0.3) is 6.08 Å². The van der Waals surface area contributed by atoms with Gasteiger partial charge in [0.1, 0.15) is 0 Å². The van der Waals surface area contributed by atoms with E-state index in [-0.39, 0.29) is 0 Å². The lowest BCUT2D eigenvalue weighted by Crippen LogP contribution is -2.22. The average molecular weight is 289 g/mol.